The first-order valence-corrected chi connectivity index (χ1v) is 7.36. The number of rotatable bonds is 7. The summed E-state index contributed by atoms with van der Waals surface area (Å²) in [5, 5.41) is 3.44. The number of anilines is 1. The summed E-state index contributed by atoms with van der Waals surface area (Å²) in [5.74, 6) is 1.05. The van der Waals surface area contributed by atoms with Crippen molar-refractivity contribution in [3.8, 4) is 0 Å². The van der Waals surface area contributed by atoms with Crippen molar-refractivity contribution in [2.45, 2.75) is 11.5 Å². The lowest BCUT2D eigenvalue weighted by molar-refractivity contribution is 0.185. The van der Waals surface area contributed by atoms with Crippen LogP contribution in [0.3, 0.4) is 0 Å². The fraction of sp³-hybridized carbons (Fsp3) is 0.250. The van der Waals surface area contributed by atoms with Gasteiger partial charge in [-0.25, -0.2) is 0 Å². The zero-order chi connectivity index (χ0) is 13.3. The van der Waals surface area contributed by atoms with Crippen LogP contribution in [0.1, 0.15) is 5.56 Å². The van der Waals surface area contributed by atoms with Crippen LogP contribution in [0.4, 0.5) is 5.69 Å². The summed E-state index contributed by atoms with van der Waals surface area (Å²) in [6.45, 7) is 1.62. The molecule has 2 aromatic carbocycles. The Morgan fingerprint density at radius 2 is 1.89 bits per heavy atom. The molecule has 19 heavy (non-hydrogen) atoms. The van der Waals surface area contributed by atoms with Crippen LogP contribution in [-0.2, 0) is 11.3 Å². The highest BCUT2D eigenvalue weighted by Crippen LogP contribution is 2.17. The van der Waals surface area contributed by atoms with E-state index in [1.54, 1.807) is 7.11 Å². The fourth-order valence-corrected chi connectivity index (χ4v) is 2.61. The molecular formula is C16H19NOS. The summed E-state index contributed by atoms with van der Waals surface area (Å²) >= 11 is 1.87. The molecule has 0 atom stereocenters. The summed E-state index contributed by atoms with van der Waals surface area (Å²) in [7, 11) is 1.72. The molecule has 0 fully saturated rings. The van der Waals surface area contributed by atoms with E-state index in [0.717, 1.165) is 18.0 Å². The Balaban J connectivity index is 1.75. The van der Waals surface area contributed by atoms with Gasteiger partial charge in [0, 0.05) is 30.0 Å². The van der Waals surface area contributed by atoms with Crippen molar-refractivity contribution in [3.05, 3.63) is 60.2 Å². The molecular weight excluding hydrogens is 254 g/mol. The third-order valence-electron chi connectivity index (χ3n) is 2.68. The molecule has 3 heteroatoms. The fourth-order valence-electron chi connectivity index (χ4n) is 1.82. The van der Waals surface area contributed by atoms with Gasteiger partial charge >= 0.3 is 0 Å². The summed E-state index contributed by atoms with van der Waals surface area (Å²) < 4.78 is 5.13. The van der Waals surface area contributed by atoms with E-state index in [0.29, 0.717) is 6.61 Å². The number of thioether (sulfide) groups is 1. The first-order chi connectivity index (χ1) is 9.38. The van der Waals surface area contributed by atoms with E-state index >= 15 is 0 Å². The normalized spacial score (nSPS) is 10.4. The number of nitrogens with one attached hydrogen (secondary N) is 1. The van der Waals surface area contributed by atoms with E-state index in [4.69, 9.17) is 4.74 Å². The number of hydrogen-bond acceptors (Lipinski definition) is 3. The van der Waals surface area contributed by atoms with Gasteiger partial charge in [0.1, 0.15) is 0 Å². The van der Waals surface area contributed by atoms with Crippen LogP contribution in [0.25, 0.3) is 0 Å². The Morgan fingerprint density at radius 1 is 1.05 bits per heavy atom. The molecule has 100 valence electrons. The van der Waals surface area contributed by atoms with Gasteiger partial charge in [0.25, 0.3) is 0 Å². The van der Waals surface area contributed by atoms with Gasteiger partial charge in [-0.05, 0) is 29.8 Å². The molecule has 0 unspecified atom stereocenters. The van der Waals surface area contributed by atoms with Crippen LogP contribution in [0, 0.1) is 0 Å². The van der Waals surface area contributed by atoms with Crippen LogP contribution >= 0.6 is 11.8 Å². The van der Waals surface area contributed by atoms with Gasteiger partial charge in [0.15, 0.2) is 0 Å². The standard InChI is InChI=1S/C16H19NOS/c1-18-13-14-6-5-7-15(12-14)17-10-11-19-16-8-3-2-4-9-16/h2-9,12,17H,10-11,13H2,1H3. The zero-order valence-electron chi connectivity index (χ0n) is 11.1. The lowest BCUT2D eigenvalue weighted by atomic mass is 10.2. The Kier molecular flexibility index (Phi) is 5.79. The first kappa shape index (κ1) is 14.0. The molecule has 0 saturated heterocycles. The topological polar surface area (TPSA) is 21.3 Å². The molecule has 1 N–H and O–H groups in total. The zero-order valence-corrected chi connectivity index (χ0v) is 12.0. The lowest BCUT2D eigenvalue weighted by Gasteiger charge is -2.08. The molecule has 0 aliphatic heterocycles. The molecule has 0 spiro atoms. The predicted octanol–water partition coefficient (Wildman–Crippen LogP) is 4.04. The maximum Gasteiger partial charge on any atom is 0.0713 e. The number of benzene rings is 2. The van der Waals surface area contributed by atoms with E-state index in [1.807, 2.05) is 17.8 Å². The van der Waals surface area contributed by atoms with Gasteiger partial charge in [0.05, 0.1) is 6.61 Å². The van der Waals surface area contributed by atoms with E-state index in [1.165, 1.54) is 10.5 Å². The molecule has 0 radical (unpaired) electrons. The largest absolute Gasteiger partial charge is 0.384 e. The summed E-state index contributed by atoms with van der Waals surface area (Å²) in [6, 6.07) is 18.8. The van der Waals surface area contributed by atoms with E-state index in [9.17, 15) is 0 Å². The highest BCUT2D eigenvalue weighted by Gasteiger charge is 1.96. The Hall–Kier alpha value is -1.45. The second-order valence-electron chi connectivity index (χ2n) is 4.22. The maximum absolute atomic E-state index is 5.13. The summed E-state index contributed by atoms with van der Waals surface area (Å²) in [4.78, 5) is 1.32. The SMILES string of the molecule is COCc1cccc(NCCSc2ccccc2)c1. The summed E-state index contributed by atoms with van der Waals surface area (Å²) in [5.41, 5.74) is 2.35. The van der Waals surface area contributed by atoms with Gasteiger partial charge in [0.2, 0.25) is 0 Å². The molecule has 2 aromatic rings. The number of ether oxygens (including phenoxy) is 1. The lowest BCUT2D eigenvalue weighted by Crippen LogP contribution is -2.04. The highest BCUT2D eigenvalue weighted by molar-refractivity contribution is 7.99. The minimum atomic E-state index is 0.661. The molecule has 2 nitrogen and oxygen atoms in total. The number of hydrogen-bond donors (Lipinski definition) is 1. The first-order valence-electron chi connectivity index (χ1n) is 6.38. The van der Waals surface area contributed by atoms with Crippen molar-refractivity contribution in [3.63, 3.8) is 0 Å². The van der Waals surface area contributed by atoms with Crippen molar-refractivity contribution in [1.29, 1.82) is 0 Å². The predicted molar refractivity (Wildman–Crippen MR) is 82.8 cm³/mol. The van der Waals surface area contributed by atoms with Crippen LogP contribution in [-0.4, -0.2) is 19.4 Å². The van der Waals surface area contributed by atoms with Crippen molar-refractivity contribution in [2.24, 2.45) is 0 Å². The molecule has 0 aliphatic rings. The van der Waals surface area contributed by atoms with Gasteiger partial charge < -0.3 is 10.1 Å². The average molecular weight is 273 g/mol. The molecule has 0 bridgehead atoms. The van der Waals surface area contributed by atoms with Gasteiger partial charge in [-0.2, -0.15) is 0 Å². The molecule has 0 aromatic heterocycles. The monoisotopic (exact) mass is 273 g/mol. The van der Waals surface area contributed by atoms with E-state index < -0.39 is 0 Å². The minimum Gasteiger partial charge on any atom is -0.384 e. The van der Waals surface area contributed by atoms with E-state index in [2.05, 4.69) is 53.8 Å². The van der Waals surface area contributed by atoms with Gasteiger partial charge in [-0.15, -0.1) is 11.8 Å². The second kappa shape index (κ2) is 7.87. The third kappa shape index (κ3) is 4.97. The van der Waals surface area contributed by atoms with E-state index in [-0.39, 0.29) is 0 Å². The van der Waals surface area contributed by atoms with Crippen LogP contribution in [0.2, 0.25) is 0 Å². The molecule has 2 rings (SSSR count). The molecule has 0 heterocycles. The van der Waals surface area contributed by atoms with Crippen LogP contribution < -0.4 is 5.32 Å². The molecule has 0 saturated carbocycles. The highest BCUT2D eigenvalue weighted by atomic mass is 32.2. The van der Waals surface area contributed by atoms with Crippen molar-refractivity contribution in [2.75, 3.05) is 24.7 Å². The van der Waals surface area contributed by atoms with Gasteiger partial charge in [-0.1, -0.05) is 30.3 Å². The van der Waals surface area contributed by atoms with Crippen molar-refractivity contribution >= 4 is 17.4 Å². The Bertz CT molecular complexity index is 487. The van der Waals surface area contributed by atoms with Crippen LogP contribution in [0.5, 0.6) is 0 Å². The van der Waals surface area contributed by atoms with Crippen LogP contribution in [0.15, 0.2) is 59.5 Å². The quantitative estimate of drug-likeness (QED) is 0.608. The Labute approximate surface area is 119 Å². The smallest absolute Gasteiger partial charge is 0.0713 e. The minimum absolute atomic E-state index is 0.661. The van der Waals surface area contributed by atoms with Gasteiger partial charge in [-0.3, -0.25) is 0 Å². The summed E-state index contributed by atoms with van der Waals surface area (Å²) in [6.07, 6.45) is 0. The Morgan fingerprint density at radius 3 is 2.68 bits per heavy atom. The number of methoxy groups -OCH3 is 1. The third-order valence-corrected chi connectivity index (χ3v) is 3.69. The maximum atomic E-state index is 5.13. The average Bonchev–Trinajstić information content (AvgIpc) is 2.46. The van der Waals surface area contributed by atoms with Crippen molar-refractivity contribution < 1.29 is 4.74 Å². The molecule has 0 amide bonds. The second-order valence-corrected chi connectivity index (χ2v) is 5.39. The van der Waals surface area contributed by atoms with Crippen molar-refractivity contribution in [1.82, 2.24) is 0 Å². The molecule has 0 aliphatic carbocycles.